The van der Waals surface area contributed by atoms with E-state index in [1.54, 1.807) is 0 Å². The SMILES string of the molecule is CC(=O)Oc1cc(OC(C)=O)c([N+](=O)[O-])cc1Cl. The quantitative estimate of drug-likeness (QED) is 0.362. The summed E-state index contributed by atoms with van der Waals surface area (Å²) in [6, 6.07) is 1.96. The molecule has 7 nitrogen and oxygen atoms in total. The van der Waals surface area contributed by atoms with Crippen LogP contribution in [0.2, 0.25) is 5.02 Å². The van der Waals surface area contributed by atoms with E-state index in [9.17, 15) is 19.7 Å². The highest BCUT2D eigenvalue weighted by Crippen LogP contribution is 2.37. The highest BCUT2D eigenvalue weighted by molar-refractivity contribution is 6.32. The monoisotopic (exact) mass is 273 g/mol. The molecule has 0 fully saturated rings. The summed E-state index contributed by atoms with van der Waals surface area (Å²) >= 11 is 5.70. The van der Waals surface area contributed by atoms with Crippen molar-refractivity contribution in [2.45, 2.75) is 13.8 Å². The first-order valence-corrected chi connectivity index (χ1v) is 5.04. The van der Waals surface area contributed by atoms with Gasteiger partial charge in [0, 0.05) is 26.0 Å². The summed E-state index contributed by atoms with van der Waals surface area (Å²) < 4.78 is 9.37. The molecule has 0 aliphatic carbocycles. The van der Waals surface area contributed by atoms with Gasteiger partial charge in [-0.2, -0.15) is 0 Å². The van der Waals surface area contributed by atoms with Crippen LogP contribution in [0.5, 0.6) is 11.5 Å². The average Bonchev–Trinajstić information content (AvgIpc) is 2.20. The van der Waals surface area contributed by atoms with Crippen molar-refractivity contribution in [1.82, 2.24) is 0 Å². The number of benzene rings is 1. The van der Waals surface area contributed by atoms with E-state index in [1.807, 2.05) is 0 Å². The zero-order valence-corrected chi connectivity index (χ0v) is 10.2. The minimum absolute atomic E-state index is 0.119. The summed E-state index contributed by atoms with van der Waals surface area (Å²) in [6.45, 7) is 2.23. The Kier molecular flexibility index (Phi) is 4.22. The largest absolute Gasteiger partial charge is 0.425 e. The molecule has 0 amide bonds. The summed E-state index contributed by atoms with van der Waals surface area (Å²) in [4.78, 5) is 31.6. The van der Waals surface area contributed by atoms with Gasteiger partial charge in [-0.25, -0.2) is 0 Å². The standard InChI is InChI=1S/C10H8ClNO6/c1-5(13)17-9-4-10(18-6(2)14)8(12(15)16)3-7(9)11/h3-4H,1-2H3. The minimum atomic E-state index is -0.762. The van der Waals surface area contributed by atoms with Crippen LogP contribution in [0.3, 0.4) is 0 Å². The predicted octanol–water partition coefficient (Wildman–Crippen LogP) is 2.10. The predicted molar refractivity (Wildman–Crippen MR) is 60.7 cm³/mol. The van der Waals surface area contributed by atoms with E-state index in [0.29, 0.717) is 0 Å². The van der Waals surface area contributed by atoms with Gasteiger partial charge in [0.1, 0.15) is 0 Å². The van der Waals surface area contributed by atoms with E-state index in [4.69, 9.17) is 16.3 Å². The lowest BCUT2D eigenvalue weighted by molar-refractivity contribution is -0.385. The van der Waals surface area contributed by atoms with Crippen LogP contribution >= 0.6 is 11.6 Å². The molecule has 18 heavy (non-hydrogen) atoms. The van der Waals surface area contributed by atoms with Gasteiger partial charge in [0.15, 0.2) is 5.75 Å². The maximum absolute atomic E-state index is 10.8. The highest BCUT2D eigenvalue weighted by Gasteiger charge is 2.21. The smallest absolute Gasteiger partial charge is 0.313 e. The Hall–Kier alpha value is -2.15. The molecule has 0 bridgehead atoms. The van der Waals surface area contributed by atoms with E-state index >= 15 is 0 Å². The number of esters is 2. The molecule has 96 valence electrons. The zero-order valence-electron chi connectivity index (χ0n) is 9.43. The van der Waals surface area contributed by atoms with Crippen molar-refractivity contribution in [3.63, 3.8) is 0 Å². The number of hydrogen-bond acceptors (Lipinski definition) is 6. The number of hydrogen-bond donors (Lipinski definition) is 0. The summed E-state index contributed by atoms with van der Waals surface area (Å²) in [5.41, 5.74) is -0.494. The molecule has 0 aliphatic rings. The van der Waals surface area contributed by atoms with Crippen molar-refractivity contribution in [3.05, 3.63) is 27.3 Å². The second kappa shape index (κ2) is 5.46. The number of ether oxygens (including phenoxy) is 2. The summed E-state index contributed by atoms with van der Waals surface area (Å²) in [6.07, 6.45) is 0. The number of carbonyl (C=O) groups is 2. The van der Waals surface area contributed by atoms with Gasteiger partial charge in [-0.05, 0) is 0 Å². The van der Waals surface area contributed by atoms with E-state index < -0.39 is 22.5 Å². The number of halogens is 1. The van der Waals surface area contributed by atoms with Crippen molar-refractivity contribution < 1.29 is 24.0 Å². The Morgan fingerprint density at radius 2 is 1.67 bits per heavy atom. The first kappa shape index (κ1) is 13.9. The molecular formula is C10H8ClNO6. The van der Waals surface area contributed by atoms with Crippen LogP contribution in [-0.4, -0.2) is 16.9 Å². The fourth-order valence-corrected chi connectivity index (χ4v) is 1.33. The molecule has 0 unspecified atom stereocenters. The van der Waals surface area contributed by atoms with E-state index in [0.717, 1.165) is 26.0 Å². The summed E-state index contributed by atoms with van der Waals surface area (Å²) in [5, 5.41) is 10.6. The van der Waals surface area contributed by atoms with Crippen LogP contribution in [0.1, 0.15) is 13.8 Å². The molecular weight excluding hydrogens is 266 g/mol. The fraction of sp³-hybridized carbons (Fsp3) is 0.200. The van der Waals surface area contributed by atoms with Crippen LogP contribution < -0.4 is 9.47 Å². The Morgan fingerprint density at radius 1 is 1.17 bits per heavy atom. The third kappa shape index (κ3) is 3.42. The van der Waals surface area contributed by atoms with Gasteiger partial charge in [-0.3, -0.25) is 19.7 Å². The molecule has 0 radical (unpaired) electrons. The second-order valence-electron chi connectivity index (χ2n) is 3.19. The molecule has 0 atom stereocenters. The molecule has 1 aromatic carbocycles. The van der Waals surface area contributed by atoms with E-state index in [1.165, 1.54) is 0 Å². The Bertz CT molecular complexity index is 527. The molecule has 0 spiro atoms. The van der Waals surface area contributed by atoms with E-state index in [-0.39, 0.29) is 16.5 Å². The van der Waals surface area contributed by atoms with Gasteiger partial charge in [-0.15, -0.1) is 0 Å². The number of nitrogens with zero attached hydrogens (tertiary/aromatic N) is 1. The van der Waals surface area contributed by atoms with Gasteiger partial charge in [0.25, 0.3) is 0 Å². The van der Waals surface area contributed by atoms with Gasteiger partial charge in [-0.1, -0.05) is 11.6 Å². The normalized spacial score (nSPS) is 9.72. The van der Waals surface area contributed by atoms with Crippen LogP contribution in [-0.2, 0) is 9.59 Å². The molecule has 0 aromatic heterocycles. The van der Waals surface area contributed by atoms with Gasteiger partial charge < -0.3 is 9.47 Å². The van der Waals surface area contributed by atoms with Crippen molar-refractivity contribution in [2.75, 3.05) is 0 Å². The molecule has 0 N–H and O–H groups in total. The molecule has 0 heterocycles. The molecule has 0 saturated carbocycles. The Labute approximate surface area is 106 Å². The Morgan fingerprint density at radius 3 is 2.11 bits per heavy atom. The second-order valence-corrected chi connectivity index (χ2v) is 3.60. The van der Waals surface area contributed by atoms with Crippen LogP contribution in [0.25, 0.3) is 0 Å². The minimum Gasteiger partial charge on any atom is -0.425 e. The molecule has 0 saturated heterocycles. The van der Waals surface area contributed by atoms with Crippen molar-refractivity contribution in [1.29, 1.82) is 0 Å². The Balaban J connectivity index is 3.30. The number of carbonyl (C=O) groups excluding carboxylic acids is 2. The van der Waals surface area contributed by atoms with Crippen LogP contribution in [0.15, 0.2) is 12.1 Å². The summed E-state index contributed by atoms with van der Waals surface area (Å²) in [5.74, 6) is -1.85. The molecule has 1 rings (SSSR count). The maximum atomic E-state index is 10.8. The zero-order chi connectivity index (χ0) is 13.9. The fourth-order valence-electron chi connectivity index (χ4n) is 1.14. The van der Waals surface area contributed by atoms with Gasteiger partial charge in [0.05, 0.1) is 9.95 Å². The van der Waals surface area contributed by atoms with Crippen LogP contribution in [0, 0.1) is 10.1 Å². The third-order valence-electron chi connectivity index (χ3n) is 1.72. The van der Waals surface area contributed by atoms with Crippen molar-refractivity contribution in [3.8, 4) is 11.5 Å². The average molecular weight is 274 g/mol. The van der Waals surface area contributed by atoms with Crippen LogP contribution in [0.4, 0.5) is 5.69 Å². The van der Waals surface area contributed by atoms with Gasteiger partial charge >= 0.3 is 17.6 Å². The first-order valence-electron chi connectivity index (χ1n) is 4.66. The molecule has 1 aromatic rings. The maximum Gasteiger partial charge on any atom is 0.313 e. The van der Waals surface area contributed by atoms with Gasteiger partial charge in [0.2, 0.25) is 5.75 Å². The third-order valence-corrected chi connectivity index (χ3v) is 2.01. The lowest BCUT2D eigenvalue weighted by Crippen LogP contribution is -2.06. The number of nitro benzene ring substituents is 1. The van der Waals surface area contributed by atoms with Crippen molar-refractivity contribution >= 4 is 29.2 Å². The lowest BCUT2D eigenvalue weighted by atomic mass is 10.2. The summed E-state index contributed by atoms with van der Waals surface area (Å²) in [7, 11) is 0. The van der Waals surface area contributed by atoms with Crippen molar-refractivity contribution in [2.24, 2.45) is 0 Å². The topological polar surface area (TPSA) is 95.7 Å². The van der Waals surface area contributed by atoms with E-state index in [2.05, 4.69) is 4.74 Å². The highest BCUT2D eigenvalue weighted by atomic mass is 35.5. The first-order chi connectivity index (χ1) is 8.31. The molecule has 0 aliphatic heterocycles. The number of rotatable bonds is 3. The number of nitro groups is 1. The molecule has 8 heteroatoms. The lowest BCUT2D eigenvalue weighted by Gasteiger charge is -2.07.